The lowest BCUT2D eigenvalue weighted by molar-refractivity contribution is -0.123. The first-order valence-corrected chi connectivity index (χ1v) is 12.7. The predicted molar refractivity (Wildman–Crippen MR) is 148 cm³/mol. The molecule has 1 N–H and O–H groups in total. The summed E-state index contributed by atoms with van der Waals surface area (Å²) in [6.45, 7) is 12.1. The Morgan fingerprint density at radius 1 is 0.921 bits per heavy atom. The molecule has 4 rings (SSSR count). The first-order chi connectivity index (χ1) is 17.8. The van der Waals surface area contributed by atoms with E-state index < -0.39 is 11.0 Å². The van der Waals surface area contributed by atoms with Crippen molar-refractivity contribution >= 4 is 40.1 Å². The maximum Gasteiger partial charge on any atom is 0.410 e. The largest absolute Gasteiger partial charge is 0.444 e. The fourth-order valence-electron chi connectivity index (χ4n) is 3.89. The molecule has 1 aliphatic rings. The Balaban J connectivity index is 1.49. The lowest BCUT2D eigenvalue weighted by Crippen LogP contribution is -2.39. The quantitative estimate of drug-likeness (QED) is 0.437. The van der Waals surface area contributed by atoms with Gasteiger partial charge >= 0.3 is 6.09 Å². The van der Waals surface area contributed by atoms with Gasteiger partial charge in [-0.05, 0) is 75.2 Å². The minimum atomic E-state index is -0.537. The van der Waals surface area contributed by atoms with E-state index in [1.165, 1.54) is 0 Å². The fraction of sp³-hybridized carbons (Fsp3) is 0.367. The molecular weight excluding hydrogens is 480 g/mol. The smallest absolute Gasteiger partial charge is 0.410 e. The van der Waals surface area contributed by atoms with Crippen LogP contribution in [0.3, 0.4) is 0 Å². The number of rotatable bonds is 4. The van der Waals surface area contributed by atoms with Gasteiger partial charge in [-0.3, -0.25) is 14.6 Å². The maximum absolute atomic E-state index is 13.2. The molecule has 0 bridgehead atoms. The Morgan fingerprint density at radius 2 is 1.61 bits per heavy atom. The van der Waals surface area contributed by atoms with Crippen molar-refractivity contribution in [2.45, 2.75) is 53.6 Å². The average molecular weight is 515 g/mol. The molecule has 1 aliphatic heterocycles. The molecule has 2 heterocycles. The molecule has 8 nitrogen and oxygen atoms in total. The summed E-state index contributed by atoms with van der Waals surface area (Å²) in [5.41, 5.74) is 3.66. The van der Waals surface area contributed by atoms with Crippen LogP contribution in [0.15, 0.2) is 54.7 Å². The van der Waals surface area contributed by atoms with Gasteiger partial charge in [0.25, 0.3) is 0 Å². The monoisotopic (exact) mass is 514 g/mol. The lowest BCUT2D eigenvalue weighted by Gasteiger charge is -2.29. The third-order valence-electron chi connectivity index (χ3n) is 6.08. The van der Waals surface area contributed by atoms with E-state index in [1.54, 1.807) is 53.6 Å². The highest BCUT2D eigenvalue weighted by Crippen LogP contribution is 2.25. The van der Waals surface area contributed by atoms with Gasteiger partial charge in [0, 0.05) is 35.3 Å². The zero-order chi connectivity index (χ0) is 27.7. The third kappa shape index (κ3) is 6.43. The van der Waals surface area contributed by atoms with Gasteiger partial charge in [-0.25, -0.2) is 9.78 Å². The summed E-state index contributed by atoms with van der Waals surface area (Å²) in [4.78, 5) is 48.7. The van der Waals surface area contributed by atoms with E-state index in [2.05, 4.69) is 10.3 Å². The molecule has 38 heavy (non-hydrogen) atoms. The molecular formula is C30H34N4O4. The number of hydrogen-bond acceptors (Lipinski definition) is 6. The second-order valence-electron chi connectivity index (χ2n) is 11.5. The van der Waals surface area contributed by atoms with Crippen LogP contribution >= 0.6 is 0 Å². The van der Waals surface area contributed by atoms with E-state index in [4.69, 9.17) is 9.72 Å². The van der Waals surface area contributed by atoms with E-state index in [-0.39, 0.29) is 17.8 Å². The normalized spacial score (nSPS) is 14.2. The van der Waals surface area contributed by atoms with E-state index in [0.717, 1.165) is 11.3 Å². The number of carbonyl (C=O) groups is 3. The van der Waals surface area contributed by atoms with Crippen LogP contribution in [-0.4, -0.2) is 51.3 Å². The summed E-state index contributed by atoms with van der Waals surface area (Å²) in [6.07, 6.45) is 4.00. The van der Waals surface area contributed by atoms with Crippen LogP contribution in [0.25, 0.3) is 16.6 Å². The number of carbonyl (C=O) groups excluding carboxylic acids is 3. The van der Waals surface area contributed by atoms with Crippen molar-refractivity contribution in [1.29, 1.82) is 0 Å². The van der Waals surface area contributed by atoms with Crippen molar-refractivity contribution in [3.63, 3.8) is 0 Å². The Hall–Kier alpha value is -4.07. The molecule has 3 aromatic rings. The minimum absolute atomic E-state index is 0.0916. The number of nitrogens with one attached hydrogen (secondary N) is 1. The van der Waals surface area contributed by atoms with Crippen molar-refractivity contribution in [2.24, 2.45) is 5.41 Å². The second-order valence-corrected chi connectivity index (χ2v) is 11.5. The van der Waals surface area contributed by atoms with E-state index in [1.807, 2.05) is 47.6 Å². The molecule has 0 saturated heterocycles. The highest BCUT2D eigenvalue weighted by atomic mass is 16.6. The minimum Gasteiger partial charge on any atom is -0.444 e. The summed E-state index contributed by atoms with van der Waals surface area (Å²) in [5, 5.41) is 2.87. The number of ketones is 1. The van der Waals surface area contributed by atoms with Gasteiger partial charge in [0.1, 0.15) is 5.60 Å². The van der Waals surface area contributed by atoms with Crippen LogP contribution < -0.4 is 5.32 Å². The first kappa shape index (κ1) is 27.0. The zero-order valence-corrected chi connectivity index (χ0v) is 22.8. The van der Waals surface area contributed by atoms with Gasteiger partial charge in [0.15, 0.2) is 5.78 Å². The molecule has 0 spiro atoms. The summed E-state index contributed by atoms with van der Waals surface area (Å²) in [6, 6.07) is 12.1. The molecule has 0 aliphatic carbocycles. The highest BCUT2D eigenvalue weighted by molar-refractivity contribution is 6.10. The van der Waals surface area contributed by atoms with Gasteiger partial charge in [-0.2, -0.15) is 0 Å². The van der Waals surface area contributed by atoms with Crippen LogP contribution in [0.5, 0.6) is 0 Å². The molecule has 2 amide bonds. The van der Waals surface area contributed by atoms with E-state index in [9.17, 15) is 14.4 Å². The standard InChI is InChI=1S/C30H34N4O4/c1-29(2,3)27(36)32-22-10-7-20(8-11-22)26(35)21-9-12-23-24(17-21)33-25(18-31-23)19-13-15-34(16-14-19)28(37)38-30(4,5)6/h7-13,17-18H,14-16H2,1-6H3,(H,32,36). The van der Waals surface area contributed by atoms with Gasteiger partial charge in [-0.15, -0.1) is 0 Å². The molecule has 0 radical (unpaired) electrons. The number of hydrogen-bond donors (Lipinski definition) is 1. The Kier molecular flexibility index (Phi) is 7.35. The van der Waals surface area contributed by atoms with E-state index >= 15 is 0 Å². The number of ether oxygens (including phenoxy) is 1. The van der Waals surface area contributed by atoms with Crippen LogP contribution in [-0.2, 0) is 9.53 Å². The number of nitrogens with zero attached hydrogens (tertiary/aromatic N) is 3. The van der Waals surface area contributed by atoms with Gasteiger partial charge in [0.2, 0.25) is 5.91 Å². The fourth-order valence-corrected chi connectivity index (χ4v) is 3.89. The third-order valence-corrected chi connectivity index (χ3v) is 6.08. The van der Waals surface area contributed by atoms with Crippen LogP contribution in [0, 0.1) is 5.41 Å². The van der Waals surface area contributed by atoms with Crippen molar-refractivity contribution in [3.05, 3.63) is 71.6 Å². The van der Waals surface area contributed by atoms with Crippen molar-refractivity contribution < 1.29 is 19.1 Å². The Bertz CT molecular complexity index is 1410. The van der Waals surface area contributed by atoms with E-state index in [0.29, 0.717) is 47.4 Å². The van der Waals surface area contributed by atoms with Crippen LogP contribution in [0.4, 0.5) is 10.5 Å². The molecule has 0 atom stereocenters. The second kappa shape index (κ2) is 10.4. The molecule has 2 aromatic carbocycles. The first-order valence-electron chi connectivity index (χ1n) is 12.7. The molecule has 0 unspecified atom stereocenters. The Morgan fingerprint density at radius 3 is 2.21 bits per heavy atom. The van der Waals surface area contributed by atoms with Crippen LogP contribution in [0.1, 0.15) is 69.6 Å². The highest BCUT2D eigenvalue weighted by Gasteiger charge is 2.24. The van der Waals surface area contributed by atoms with Crippen molar-refractivity contribution in [2.75, 3.05) is 18.4 Å². The molecule has 0 saturated carbocycles. The average Bonchev–Trinajstić information content (AvgIpc) is 2.86. The van der Waals surface area contributed by atoms with Crippen LogP contribution in [0.2, 0.25) is 0 Å². The number of fused-ring (bicyclic) bond motifs is 1. The zero-order valence-electron chi connectivity index (χ0n) is 22.8. The molecule has 8 heteroatoms. The Labute approximate surface area is 223 Å². The lowest BCUT2D eigenvalue weighted by atomic mass is 9.95. The maximum atomic E-state index is 13.2. The SMILES string of the molecule is CC(C)(C)OC(=O)N1CC=C(c2cnc3ccc(C(=O)c4ccc(NC(=O)C(C)(C)C)cc4)cc3n2)CC1. The number of aromatic nitrogens is 2. The number of amides is 2. The van der Waals surface area contributed by atoms with Crippen molar-refractivity contribution in [1.82, 2.24) is 14.9 Å². The summed E-state index contributed by atoms with van der Waals surface area (Å²) in [5.74, 6) is -0.233. The van der Waals surface area contributed by atoms with Gasteiger partial charge in [0.05, 0.1) is 22.9 Å². The van der Waals surface area contributed by atoms with Gasteiger partial charge < -0.3 is 15.0 Å². The summed E-state index contributed by atoms with van der Waals surface area (Å²) >= 11 is 0. The topological polar surface area (TPSA) is 101 Å². The number of anilines is 1. The van der Waals surface area contributed by atoms with Crippen molar-refractivity contribution in [3.8, 4) is 0 Å². The predicted octanol–water partition coefficient (Wildman–Crippen LogP) is 5.87. The summed E-state index contributed by atoms with van der Waals surface area (Å²) in [7, 11) is 0. The molecule has 198 valence electrons. The molecule has 0 fully saturated rings. The molecule has 1 aromatic heterocycles. The summed E-state index contributed by atoms with van der Waals surface area (Å²) < 4.78 is 5.46. The van der Waals surface area contributed by atoms with Gasteiger partial charge in [-0.1, -0.05) is 26.8 Å². The number of benzene rings is 2.